The third kappa shape index (κ3) is 3.48. The van der Waals surface area contributed by atoms with Gasteiger partial charge in [-0.2, -0.15) is 0 Å². The molecule has 1 fully saturated rings. The first-order valence-corrected chi connectivity index (χ1v) is 9.33. The summed E-state index contributed by atoms with van der Waals surface area (Å²) >= 11 is 0. The van der Waals surface area contributed by atoms with E-state index < -0.39 is 0 Å². The Hall–Kier alpha value is -2.63. The van der Waals surface area contributed by atoms with Gasteiger partial charge in [0.25, 0.3) is 0 Å². The quantitative estimate of drug-likeness (QED) is 0.747. The van der Waals surface area contributed by atoms with Crippen LogP contribution in [0.3, 0.4) is 0 Å². The summed E-state index contributed by atoms with van der Waals surface area (Å²) in [5.74, 6) is 0.164. The molecule has 2 heterocycles. The molecule has 2 aromatic carbocycles. The van der Waals surface area contributed by atoms with Gasteiger partial charge in [0.15, 0.2) is 0 Å². The highest BCUT2D eigenvalue weighted by molar-refractivity contribution is 5.85. The van der Waals surface area contributed by atoms with Gasteiger partial charge in [-0.3, -0.25) is 4.79 Å². The molecule has 5 nitrogen and oxygen atoms in total. The van der Waals surface area contributed by atoms with Gasteiger partial charge in [0, 0.05) is 0 Å². The zero-order valence-electron chi connectivity index (χ0n) is 15.6. The van der Waals surface area contributed by atoms with Crippen LogP contribution in [-0.4, -0.2) is 30.4 Å². The molecule has 27 heavy (non-hydrogen) atoms. The van der Waals surface area contributed by atoms with Crippen molar-refractivity contribution >= 4 is 11.0 Å². The number of hydrogen-bond donors (Lipinski definition) is 2. The minimum atomic E-state index is -0.0811. The molecule has 0 unspecified atom stereocenters. The molecular formula is C22H24NO4+. The van der Waals surface area contributed by atoms with Crippen LogP contribution in [0.5, 0.6) is 5.75 Å². The molecule has 1 aliphatic rings. The second-order valence-electron chi connectivity index (χ2n) is 7.38. The largest absolute Gasteiger partial charge is 0.507 e. The van der Waals surface area contributed by atoms with E-state index >= 15 is 0 Å². The van der Waals surface area contributed by atoms with Crippen molar-refractivity contribution in [2.24, 2.45) is 0 Å². The summed E-state index contributed by atoms with van der Waals surface area (Å²) < 4.78 is 11.7. The van der Waals surface area contributed by atoms with Crippen LogP contribution in [0.4, 0.5) is 0 Å². The molecule has 0 amide bonds. The predicted octanol–water partition coefficient (Wildman–Crippen LogP) is 2.36. The van der Waals surface area contributed by atoms with Crippen LogP contribution >= 0.6 is 0 Å². The Bertz CT molecular complexity index is 1000. The first kappa shape index (κ1) is 17.8. The van der Waals surface area contributed by atoms with Crippen molar-refractivity contribution in [2.45, 2.75) is 32.6 Å². The molecule has 1 aromatic heterocycles. The topological polar surface area (TPSA) is 64.1 Å². The fourth-order valence-corrected chi connectivity index (χ4v) is 4.02. The summed E-state index contributed by atoms with van der Waals surface area (Å²) in [6, 6.07) is 12.7. The van der Waals surface area contributed by atoms with E-state index in [0.29, 0.717) is 28.6 Å². The Balaban J connectivity index is 1.76. The molecule has 5 heteroatoms. The van der Waals surface area contributed by atoms with E-state index in [1.54, 1.807) is 12.1 Å². The smallest absolute Gasteiger partial charge is 0.200 e. The van der Waals surface area contributed by atoms with Crippen LogP contribution in [0.1, 0.15) is 19.4 Å². The van der Waals surface area contributed by atoms with Crippen LogP contribution in [0, 0.1) is 0 Å². The summed E-state index contributed by atoms with van der Waals surface area (Å²) in [4.78, 5) is 14.3. The molecule has 2 N–H and O–H groups in total. The molecule has 3 aromatic rings. The third-order valence-electron chi connectivity index (χ3n) is 5.15. The van der Waals surface area contributed by atoms with Gasteiger partial charge in [0.05, 0.1) is 16.5 Å². The number of aromatic hydroxyl groups is 1. The van der Waals surface area contributed by atoms with Crippen molar-refractivity contribution in [1.82, 2.24) is 0 Å². The van der Waals surface area contributed by atoms with Gasteiger partial charge in [-0.15, -0.1) is 0 Å². The Labute approximate surface area is 157 Å². The monoisotopic (exact) mass is 366 g/mol. The predicted molar refractivity (Wildman–Crippen MR) is 104 cm³/mol. The summed E-state index contributed by atoms with van der Waals surface area (Å²) in [7, 11) is 0. The standard InChI is InChI=1S/C22H23NO4/c1-14-10-23(11-15(2)27-14)12-18-20(24)9-8-17-21(25)19(13-26-22(17)18)16-6-4-3-5-7-16/h3-9,13-15,24H,10-12H2,1-2H3/p+1/t14-,15-/m1/s1. The van der Waals surface area contributed by atoms with E-state index in [1.165, 1.54) is 11.2 Å². The van der Waals surface area contributed by atoms with Gasteiger partial charge in [0.1, 0.15) is 49.4 Å². The van der Waals surface area contributed by atoms with Crippen molar-refractivity contribution in [1.29, 1.82) is 0 Å². The van der Waals surface area contributed by atoms with Crippen molar-refractivity contribution in [3.05, 3.63) is 64.5 Å². The average molecular weight is 366 g/mol. The zero-order valence-corrected chi connectivity index (χ0v) is 15.6. The molecular weight excluding hydrogens is 342 g/mol. The summed E-state index contributed by atoms with van der Waals surface area (Å²) in [6.45, 7) is 6.42. The van der Waals surface area contributed by atoms with Gasteiger partial charge in [-0.25, -0.2) is 0 Å². The van der Waals surface area contributed by atoms with Gasteiger partial charge < -0.3 is 19.2 Å². The van der Waals surface area contributed by atoms with E-state index in [-0.39, 0.29) is 23.4 Å². The fraction of sp³-hybridized carbons (Fsp3) is 0.318. The number of nitrogens with one attached hydrogen (secondary N) is 1. The first-order chi connectivity index (χ1) is 13.0. The van der Waals surface area contributed by atoms with Crippen molar-refractivity contribution < 1.29 is 19.2 Å². The molecule has 2 atom stereocenters. The van der Waals surface area contributed by atoms with E-state index in [0.717, 1.165) is 18.7 Å². The van der Waals surface area contributed by atoms with E-state index in [1.807, 2.05) is 30.3 Å². The molecule has 1 saturated heterocycles. The lowest BCUT2D eigenvalue weighted by molar-refractivity contribution is -0.928. The summed E-state index contributed by atoms with van der Waals surface area (Å²) in [6.07, 6.45) is 1.83. The molecule has 140 valence electrons. The lowest BCUT2D eigenvalue weighted by Gasteiger charge is -2.32. The molecule has 0 saturated carbocycles. The van der Waals surface area contributed by atoms with Crippen molar-refractivity contribution in [3.63, 3.8) is 0 Å². The number of phenolic OH excluding ortho intramolecular Hbond substituents is 1. The second kappa shape index (κ2) is 7.18. The van der Waals surface area contributed by atoms with Crippen LogP contribution in [0.2, 0.25) is 0 Å². The Kier molecular flexibility index (Phi) is 4.72. The Morgan fingerprint density at radius 3 is 2.48 bits per heavy atom. The maximum Gasteiger partial charge on any atom is 0.200 e. The molecule has 4 rings (SSSR count). The van der Waals surface area contributed by atoms with Crippen molar-refractivity contribution in [2.75, 3.05) is 13.1 Å². The number of fused-ring (bicyclic) bond motifs is 1. The number of phenols is 1. The van der Waals surface area contributed by atoms with Crippen LogP contribution < -0.4 is 10.3 Å². The zero-order chi connectivity index (χ0) is 19.0. The van der Waals surface area contributed by atoms with Crippen LogP contribution in [0.15, 0.2) is 57.9 Å². The van der Waals surface area contributed by atoms with Gasteiger partial charge >= 0.3 is 0 Å². The van der Waals surface area contributed by atoms with Crippen LogP contribution in [0.25, 0.3) is 22.1 Å². The number of hydrogen-bond acceptors (Lipinski definition) is 4. The second-order valence-corrected chi connectivity index (χ2v) is 7.38. The fourth-order valence-electron chi connectivity index (χ4n) is 4.02. The normalized spacial score (nSPS) is 22.8. The maximum atomic E-state index is 13.0. The lowest BCUT2D eigenvalue weighted by atomic mass is 10.0. The highest BCUT2D eigenvalue weighted by atomic mass is 16.5. The van der Waals surface area contributed by atoms with E-state index in [2.05, 4.69) is 13.8 Å². The molecule has 0 bridgehead atoms. The van der Waals surface area contributed by atoms with Crippen molar-refractivity contribution in [3.8, 4) is 16.9 Å². The minimum Gasteiger partial charge on any atom is -0.507 e. The van der Waals surface area contributed by atoms with Crippen LogP contribution in [-0.2, 0) is 11.3 Å². The summed E-state index contributed by atoms with van der Waals surface area (Å²) in [5.41, 5.74) is 2.42. The number of ether oxygens (including phenoxy) is 1. The highest BCUT2D eigenvalue weighted by Gasteiger charge is 2.27. The number of morpholine rings is 1. The van der Waals surface area contributed by atoms with Gasteiger partial charge in [0.2, 0.25) is 5.43 Å². The number of quaternary nitrogens is 1. The number of rotatable bonds is 3. The molecule has 0 radical (unpaired) electrons. The first-order valence-electron chi connectivity index (χ1n) is 9.33. The molecule has 1 aliphatic heterocycles. The van der Waals surface area contributed by atoms with E-state index in [4.69, 9.17) is 9.15 Å². The number of benzene rings is 2. The summed E-state index contributed by atoms with van der Waals surface area (Å²) in [5, 5.41) is 10.9. The SMILES string of the molecule is C[C@@H]1C[NH+](Cc2c(O)ccc3c(=O)c(-c4ccccc4)coc23)C[C@@H](C)O1. The Morgan fingerprint density at radius 2 is 1.78 bits per heavy atom. The lowest BCUT2D eigenvalue weighted by Crippen LogP contribution is -3.14. The minimum absolute atomic E-state index is 0.0811. The highest BCUT2D eigenvalue weighted by Crippen LogP contribution is 2.27. The molecule has 0 aliphatic carbocycles. The third-order valence-corrected chi connectivity index (χ3v) is 5.15. The average Bonchev–Trinajstić information content (AvgIpc) is 2.64. The molecule has 0 spiro atoms. The Morgan fingerprint density at radius 1 is 1.07 bits per heavy atom. The maximum absolute atomic E-state index is 13.0. The van der Waals surface area contributed by atoms with Gasteiger partial charge in [-0.05, 0) is 31.5 Å². The van der Waals surface area contributed by atoms with Gasteiger partial charge in [-0.1, -0.05) is 30.3 Å². The van der Waals surface area contributed by atoms with E-state index in [9.17, 15) is 9.90 Å².